The molecule has 4 rings (SSSR count). The first-order valence-corrected chi connectivity index (χ1v) is 11.6. The van der Waals surface area contributed by atoms with E-state index in [4.69, 9.17) is 0 Å². The monoisotopic (exact) mass is 413 g/mol. The second-order valence-corrected chi connectivity index (χ2v) is 9.13. The Hall–Kier alpha value is -2.12. The standard InChI is InChI=1S/C21H23N3O2S2/c25-18(22-11-9-14-5-2-1-3-6-14)10-12-27-13-17-23-20(26)19-15-7-4-8-16(15)28-21(19)24-17/h1-3,5-6H,4,7-13H2,(H,22,25)(H,23,24,26). The lowest BCUT2D eigenvalue weighted by molar-refractivity contribution is -0.120. The number of benzene rings is 1. The molecule has 3 aromatic rings. The van der Waals surface area contributed by atoms with Crippen molar-refractivity contribution in [3.05, 3.63) is 62.5 Å². The molecule has 0 radical (unpaired) electrons. The number of thiophene rings is 1. The van der Waals surface area contributed by atoms with Gasteiger partial charge < -0.3 is 10.3 Å². The minimum atomic E-state index is -0.0151. The number of aromatic amines is 1. The van der Waals surface area contributed by atoms with Crippen LogP contribution in [0.5, 0.6) is 0 Å². The molecule has 146 valence electrons. The first kappa shape index (κ1) is 19.2. The number of nitrogens with zero attached hydrogens (tertiary/aromatic N) is 1. The van der Waals surface area contributed by atoms with Crippen LogP contribution in [0.15, 0.2) is 35.1 Å². The number of hydrogen-bond acceptors (Lipinski definition) is 5. The maximum Gasteiger partial charge on any atom is 0.259 e. The van der Waals surface area contributed by atoms with Crippen molar-refractivity contribution in [2.24, 2.45) is 0 Å². The van der Waals surface area contributed by atoms with E-state index in [1.165, 1.54) is 16.0 Å². The van der Waals surface area contributed by atoms with Gasteiger partial charge in [0.15, 0.2) is 0 Å². The second kappa shape index (κ2) is 8.92. The summed E-state index contributed by atoms with van der Waals surface area (Å²) in [5.41, 5.74) is 2.42. The Morgan fingerprint density at radius 1 is 1.25 bits per heavy atom. The summed E-state index contributed by atoms with van der Waals surface area (Å²) in [7, 11) is 0. The molecule has 2 heterocycles. The number of carbonyl (C=O) groups excluding carboxylic acids is 1. The van der Waals surface area contributed by atoms with Crippen LogP contribution in [0.1, 0.15) is 34.7 Å². The average molecular weight is 414 g/mol. The predicted molar refractivity (Wildman–Crippen MR) is 116 cm³/mol. The van der Waals surface area contributed by atoms with E-state index in [-0.39, 0.29) is 11.5 Å². The van der Waals surface area contributed by atoms with Crippen molar-refractivity contribution in [3.8, 4) is 0 Å². The Bertz CT molecular complexity index is 1030. The summed E-state index contributed by atoms with van der Waals surface area (Å²) in [5.74, 6) is 2.09. The highest BCUT2D eigenvalue weighted by Crippen LogP contribution is 2.34. The molecule has 0 atom stereocenters. The van der Waals surface area contributed by atoms with Crippen LogP contribution >= 0.6 is 23.1 Å². The van der Waals surface area contributed by atoms with Crippen molar-refractivity contribution in [3.63, 3.8) is 0 Å². The van der Waals surface area contributed by atoms with E-state index in [0.717, 1.165) is 35.9 Å². The van der Waals surface area contributed by atoms with E-state index in [1.54, 1.807) is 23.1 Å². The van der Waals surface area contributed by atoms with Crippen LogP contribution in [0.4, 0.5) is 0 Å². The highest BCUT2D eigenvalue weighted by Gasteiger charge is 2.21. The Labute approximate surface area is 172 Å². The van der Waals surface area contributed by atoms with Gasteiger partial charge in [0.25, 0.3) is 5.56 Å². The maximum atomic E-state index is 12.4. The van der Waals surface area contributed by atoms with Crippen molar-refractivity contribution in [1.82, 2.24) is 15.3 Å². The molecule has 1 aliphatic rings. The van der Waals surface area contributed by atoms with Crippen molar-refractivity contribution in [2.75, 3.05) is 12.3 Å². The van der Waals surface area contributed by atoms with Gasteiger partial charge in [0.1, 0.15) is 10.7 Å². The van der Waals surface area contributed by atoms with Gasteiger partial charge in [-0.05, 0) is 36.8 Å². The molecular formula is C21H23N3O2S2. The fraction of sp³-hybridized carbons (Fsp3) is 0.381. The molecule has 1 aliphatic carbocycles. The summed E-state index contributed by atoms with van der Waals surface area (Å²) < 4.78 is 0. The number of thioether (sulfide) groups is 1. The molecular weight excluding hydrogens is 390 g/mol. The number of aryl methyl sites for hydroxylation is 2. The van der Waals surface area contributed by atoms with E-state index in [1.807, 2.05) is 18.2 Å². The minimum Gasteiger partial charge on any atom is -0.356 e. The zero-order valence-corrected chi connectivity index (χ0v) is 17.3. The van der Waals surface area contributed by atoms with Crippen LogP contribution in [0.25, 0.3) is 10.2 Å². The summed E-state index contributed by atoms with van der Waals surface area (Å²) in [5, 5.41) is 3.76. The Morgan fingerprint density at radius 2 is 2.11 bits per heavy atom. The van der Waals surface area contributed by atoms with Crippen LogP contribution in [-0.4, -0.2) is 28.2 Å². The van der Waals surface area contributed by atoms with E-state index < -0.39 is 0 Å². The second-order valence-electron chi connectivity index (χ2n) is 6.94. The van der Waals surface area contributed by atoms with Crippen LogP contribution in [-0.2, 0) is 29.8 Å². The number of rotatable bonds is 8. The van der Waals surface area contributed by atoms with Crippen LogP contribution < -0.4 is 10.9 Å². The smallest absolute Gasteiger partial charge is 0.259 e. The van der Waals surface area contributed by atoms with Gasteiger partial charge >= 0.3 is 0 Å². The molecule has 0 aliphatic heterocycles. The lowest BCUT2D eigenvalue weighted by atomic mass is 10.1. The molecule has 0 bridgehead atoms. The summed E-state index contributed by atoms with van der Waals surface area (Å²) in [6.07, 6.45) is 4.52. The third-order valence-corrected chi connectivity index (χ3v) is 7.07. The first-order chi connectivity index (χ1) is 13.7. The Kier molecular flexibility index (Phi) is 6.12. The number of aromatic nitrogens is 2. The van der Waals surface area contributed by atoms with E-state index in [9.17, 15) is 9.59 Å². The molecule has 0 fully saturated rings. The van der Waals surface area contributed by atoms with E-state index in [2.05, 4.69) is 27.4 Å². The van der Waals surface area contributed by atoms with Crippen molar-refractivity contribution in [1.29, 1.82) is 0 Å². The highest BCUT2D eigenvalue weighted by atomic mass is 32.2. The summed E-state index contributed by atoms with van der Waals surface area (Å²) in [4.78, 5) is 34.1. The minimum absolute atomic E-state index is 0.0151. The average Bonchev–Trinajstić information content (AvgIpc) is 3.27. The van der Waals surface area contributed by atoms with E-state index in [0.29, 0.717) is 30.3 Å². The molecule has 28 heavy (non-hydrogen) atoms. The molecule has 5 nitrogen and oxygen atoms in total. The van der Waals surface area contributed by atoms with Gasteiger partial charge in [-0.25, -0.2) is 4.98 Å². The maximum absolute atomic E-state index is 12.4. The fourth-order valence-electron chi connectivity index (χ4n) is 3.53. The predicted octanol–water partition coefficient (Wildman–Crippen LogP) is 3.46. The van der Waals surface area contributed by atoms with E-state index >= 15 is 0 Å². The zero-order valence-electron chi connectivity index (χ0n) is 15.6. The Morgan fingerprint density at radius 3 is 2.96 bits per heavy atom. The van der Waals surface area contributed by atoms with Crippen molar-refractivity contribution in [2.45, 2.75) is 37.9 Å². The lowest BCUT2D eigenvalue weighted by Crippen LogP contribution is -2.25. The van der Waals surface area contributed by atoms with Crippen LogP contribution in [0.3, 0.4) is 0 Å². The third kappa shape index (κ3) is 4.47. The largest absolute Gasteiger partial charge is 0.356 e. The highest BCUT2D eigenvalue weighted by molar-refractivity contribution is 7.98. The molecule has 0 unspecified atom stereocenters. The number of H-pyrrole nitrogens is 1. The number of hydrogen-bond donors (Lipinski definition) is 2. The molecule has 2 aromatic heterocycles. The van der Waals surface area contributed by atoms with Gasteiger partial charge in [0.2, 0.25) is 5.91 Å². The molecule has 1 aromatic carbocycles. The number of nitrogens with one attached hydrogen (secondary N) is 2. The van der Waals surface area contributed by atoms with Crippen LogP contribution in [0.2, 0.25) is 0 Å². The van der Waals surface area contributed by atoms with Gasteiger partial charge in [-0.2, -0.15) is 11.8 Å². The lowest BCUT2D eigenvalue weighted by Gasteiger charge is -2.05. The SMILES string of the molecule is O=C(CCSCc1nc2sc3c(c2c(=O)[nH]1)CCC3)NCCc1ccccc1. The number of amides is 1. The summed E-state index contributed by atoms with van der Waals surface area (Å²) >= 11 is 3.29. The number of fused-ring (bicyclic) bond motifs is 3. The Balaban J connectivity index is 1.22. The molecule has 1 amide bonds. The topological polar surface area (TPSA) is 74.8 Å². The normalized spacial score (nSPS) is 13.0. The van der Waals surface area contributed by atoms with Gasteiger partial charge in [0, 0.05) is 23.6 Å². The van der Waals surface area contributed by atoms with Crippen LogP contribution in [0, 0.1) is 0 Å². The number of carbonyl (C=O) groups is 1. The van der Waals surface area contributed by atoms with Gasteiger partial charge in [0.05, 0.1) is 11.1 Å². The summed E-state index contributed by atoms with van der Waals surface area (Å²) in [6.45, 7) is 0.655. The first-order valence-electron chi connectivity index (χ1n) is 9.62. The zero-order chi connectivity index (χ0) is 19.3. The van der Waals surface area contributed by atoms with Gasteiger partial charge in [-0.1, -0.05) is 30.3 Å². The molecule has 2 N–H and O–H groups in total. The quantitative estimate of drug-likeness (QED) is 0.555. The molecule has 0 saturated carbocycles. The molecule has 0 spiro atoms. The van der Waals surface area contributed by atoms with Crippen molar-refractivity contribution < 1.29 is 4.79 Å². The van der Waals surface area contributed by atoms with Gasteiger partial charge in [-0.15, -0.1) is 11.3 Å². The fourth-order valence-corrected chi connectivity index (χ4v) is 5.61. The van der Waals surface area contributed by atoms with Crippen molar-refractivity contribution >= 4 is 39.2 Å². The molecule has 0 saturated heterocycles. The van der Waals surface area contributed by atoms with Gasteiger partial charge in [-0.3, -0.25) is 9.59 Å². The molecule has 7 heteroatoms. The summed E-state index contributed by atoms with van der Waals surface area (Å²) in [6, 6.07) is 10.1. The third-order valence-electron chi connectivity index (χ3n) is 4.92.